The van der Waals surface area contributed by atoms with Gasteiger partial charge in [0.2, 0.25) is 0 Å². The Morgan fingerprint density at radius 2 is 1.41 bits per heavy atom. The normalized spacial score (nSPS) is 12.5. The molecule has 0 atom stereocenters. The van der Waals surface area contributed by atoms with E-state index in [1.54, 1.807) is 0 Å². The average molecular weight is 304 g/mol. The third-order valence-electron chi connectivity index (χ3n) is 4.06. The summed E-state index contributed by atoms with van der Waals surface area (Å²) in [6, 6.07) is 3.78. The molecule has 0 aliphatic heterocycles. The van der Waals surface area contributed by atoms with Gasteiger partial charge in [0, 0.05) is 23.1 Å². The minimum Gasteiger partial charge on any atom is -0.507 e. The lowest BCUT2D eigenvalue weighted by Crippen LogP contribution is -2.18. The molecule has 0 aromatic heterocycles. The first-order valence-electron chi connectivity index (χ1n) is 8.39. The lowest BCUT2D eigenvalue weighted by atomic mass is 9.78. The monoisotopic (exact) mass is 304 g/mol. The van der Waals surface area contributed by atoms with Crippen molar-refractivity contribution < 1.29 is 9.90 Å². The summed E-state index contributed by atoms with van der Waals surface area (Å²) in [5, 5.41) is 10.7. The molecule has 0 amide bonds. The largest absolute Gasteiger partial charge is 0.507 e. The molecule has 0 bridgehead atoms. The summed E-state index contributed by atoms with van der Waals surface area (Å²) in [5.41, 5.74) is 2.08. The van der Waals surface area contributed by atoms with Crippen molar-refractivity contribution in [3.05, 3.63) is 28.8 Å². The number of phenols is 1. The zero-order valence-corrected chi connectivity index (χ0v) is 15.3. The number of rotatable bonds is 5. The van der Waals surface area contributed by atoms with Gasteiger partial charge in [-0.05, 0) is 29.4 Å². The van der Waals surface area contributed by atoms with Gasteiger partial charge in [-0.2, -0.15) is 0 Å². The summed E-state index contributed by atoms with van der Waals surface area (Å²) in [6.07, 6.45) is 3.73. The molecular formula is C20H32O2. The van der Waals surface area contributed by atoms with Crippen LogP contribution in [0.4, 0.5) is 0 Å². The summed E-state index contributed by atoms with van der Waals surface area (Å²) in [4.78, 5) is 12.5. The van der Waals surface area contributed by atoms with Crippen LogP contribution in [0.1, 0.15) is 95.6 Å². The van der Waals surface area contributed by atoms with E-state index in [9.17, 15) is 9.90 Å². The van der Waals surface area contributed by atoms with Gasteiger partial charge in [0.1, 0.15) is 5.75 Å². The molecule has 0 aliphatic rings. The number of hydrogen-bond donors (Lipinski definition) is 1. The molecule has 0 saturated carbocycles. The lowest BCUT2D eigenvalue weighted by Gasteiger charge is -2.28. The quantitative estimate of drug-likeness (QED) is 0.555. The Kier molecular flexibility index (Phi) is 5.83. The Balaban J connectivity index is 3.32. The molecule has 22 heavy (non-hydrogen) atoms. The first kappa shape index (κ1) is 18.7. The minimum absolute atomic E-state index is 0.185. The second kappa shape index (κ2) is 6.85. The molecule has 0 unspecified atom stereocenters. The zero-order valence-electron chi connectivity index (χ0n) is 15.3. The van der Waals surface area contributed by atoms with Crippen molar-refractivity contribution >= 4 is 5.78 Å². The smallest absolute Gasteiger partial charge is 0.162 e. The average Bonchev–Trinajstić information content (AvgIpc) is 2.36. The first-order chi connectivity index (χ1) is 9.98. The molecule has 1 aromatic carbocycles. The van der Waals surface area contributed by atoms with Crippen LogP contribution in [0, 0.1) is 0 Å². The van der Waals surface area contributed by atoms with Gasteiger partial charge >= 0.3 is 0 Å². The van der Waals surface area contributed by atoms with E-state index >= 15 is 0 Å². The number of aromatic hydroxyl groups is 1. The molecule has 1 aromatic rings. The highest BCUT2D eigenvalue weighted by atomic mass is 16.3. The SMILES string of the molecule is CCCCCC(=O)c1cc(C(C)(C)C)c(O)c(C(C)(C)C)c1. The van der Waals surface area contributed by atoms with E-state index in [4.69, 9.17) is 0 Å². The van der Waals surface area contributed by atoms with E-state index < -0.39 is 0 Å². The van der Waals surface area contributed by atoms with Gasteiger partial charge in [0.05, 0.1) is 0 Å². The molecule has 0 fully saturated rings. The Hall–Kier alpha value is -1.31. The molecule has 2 nitrogen and oxygen atoms in total. The predicted octanol–water partition coefficient (Wildman–Crippen LogP) is 5.75. The Morgan fingerprint density at radius 1 is 0.955 bits per heavy atom. The van der Waals surface area contributed by atoms with Crippen LogP contribution >= 0.6 is 0 Å². The van der Waals surface area contributed by atoms with Crippen molar-refractivity contribution in [1.82, 2.24) is 0 Å². The van der Waals surface area contributed by atoms with Crippen molar-refractivity contribution in [2.75, 3.05) is 0 Å². The van der Waals surface area contributed by atoms with Crippen molar-refractivity contribution in [2.24, 2.45) is 0 Å². The van der Waals surface area contributed by atoms with Crippen molar-refractivity contribution in [2.45, 2.75) is 85.0 Å². The highest BCUT2D eigenvalue weighted by Gasteiger charge is 2.27. The van der Waals surface area contributed by atoms with Crippen LogP contribution < -0.4 is 0 Å². The zero-order chi connectivity index (χ0) is 17.1. The van der Waals surface area contributed by atoms with E-state index in [1.165, 1.54) is 0 Å². The maximum atomic E-state index is 12.5. The number of carbonyl (C=O) groups is 1. The van der Waals surface area contributed by atoms with E-state index in [0.29, 0.717) is 12.2 Å². The van der Waals surface area contributed by atoms with Crippen molar-refractivity contribution in [3.63, 3.8) is 0 Å². The van der Waals surface area contributed by atoms with Crippen LogP contribution in [0.2, 0.25) is 0 Å². The molecule has 1 rings (SSSR count). The fraction of sp³-hybridized carbons (Fsp3) is 0.650. The number of unbranched alkanes of at least 4 members (excludes halogenated alkanes) is 2. The van der Waals surface area contributed by atoms with Gasteiger partial charge in [-0.1, -0.05) is 61.3 Å². The van der Waals surface area contributed by atoms with Gasteiger partial charge in [-0.3, -0.25) is 4.79 Å². The summed E-state index contributed by atoms with van der Waals surface area (Å²) < 4.78 is 0. The summed E-state index contributed by atoms with van der Waals surface area (Å²) in [5.74, 6) is 0.523. The van der Waals surface area contributed by atoms with E-state index in [-0.39, 0.29) is 16.6 Å². The van der Waals surface area contributed by atoms with Gasteiger partial charge in [0.25, 0.3) is 0 Å². The van der Waals surface area contributed by atoms with E-state index in [2.05, 4.69) is 48.5 Å². The third-order valence-corrected chi connectivity index (χ3v) is 4.06. The topological polar surface area (TPSA) is 37.3 Å². The number of benzene rings is 1. The Bertz CT molecular complexity index is 493. The third kappa shape index (κ3) is 4.59. The Morgan fingerprint density at radius 3 is 1.77 bits per heavy atom. The number of hydrogen-bond acceptors (Lipinski definition) is 2. The molecule has 0 spiro atoms. The van der Waals surface area contributed by atoms with Crippen LogP contribution in [-0.4, -0.2) is 10.9 Å². The standard InChI is InChI=1S/C20H32O2/c1-8-9-10-11-17(21)14-12-15(19(2,3)4)18(22)16(13-14)20(5,6)7/h12-13,22H,8-11H2,1-7H3. The molecule has 124 valence electrons. The number of Topliss-reactive ketones (excluding diaryl/α,β-unsaturated/α-hetero) is 1. The number of carbonyl (C=O) groups excluding carboxylic acids is 1. The second-order valence-electron chi connectivity index (χ2n) is 8.30. The predicted molar refractivity (Wildman–Crippen MR) is 94.0 cm³/mol. The van der Waals surface area contributed by atoms with Gasteiger partial charge in [-0.15, -0.1) is 0 Å². The molecule has 2 heteroatoms. The van der Waals surface area contributed by atoms with Gasteiger partial charge < -0.3 is 5.11 Å². The lowest BCUT2D eigenvalue weighted by molar-refractivity contribution is 0.0979. The van der Waals surface area contributed by atoms with Gasteiger partial charge in [-0.25, -0.2) is 0 Å². The van der Waals surface area contributed by atoms with E-state index in [0.717, 1.165) is 36.0 Å². The highest BCUT2D eigenvalue weighted by Crippen LogP contribution is 2.40. The summed E-state index contributed by atoms with van der Waals surface area (Å²) in [7, 11) is 0. The molecule has 1 N–H and O–H groups in total. The summed E-state index contributed by atoms with van der Waals surface area (Å²) >= 11 is 0. The molecule has 0 saturated heterocycles. The van der Waals surface area contributed by atoms with Gasteiger partial charge in [0.15, 0.2) is 5.78 Å². The van der Waals surface area contributed by atoms with Crippen molar-refractivity contribution in [3.8, 4) is 5.75 Å². The Labute approximate surface area is 135 Å². The molecule has 0 aliphatic carbocycles. The van der Waals surface area contributed by atoms with E-state index in [1.807, 2.05) is 12.1 Å². The number of ketones is 1. The maximum Gasteiger partial charge on any atom is 0.162 e. The molecular weight excluding hydrogens is 272 g/mol. The van der Waals surface area contributed by atoms with Crippen LogP contribution in [0.25, 0.3) is 0 Å². The van der Waals surface area contributed by atoms with Crippen LogP contribution in [-0.2, 0) is 10.8 Å². The number of phenolic OH excluding ortho intramolecular Hbond substituents is 1. The fourth-order valence-corrected chi connectivity index (χ4v) is 2.62. The minimum atomic E-state index is -0.191. The molecule has 0 heterocycles. The second-order valence-corrected chi connectivity index (χ2v) is 8.30. The molecule has 0 radical (unpaired) electrons. The van der Waals surface area contributed by atoms with Crippen LogP contribution in [0.5, 0.6) is 5.75 Å². The highest BCUT2D eigenvalue weighted by molar-refractivity contribution is 5.96. The van der Waals surface area contributed by atoms with Crippen LogP contribution in [0.3, 0.4) is 0 Å². The summed E-state index contributed by atoms with van der Waals surface area (Å²) in [6.45, 7) is 14.6. The van der Waals surface area contributed by atoms with Crippen molar-refractivity contribution in [1.29, 1.82) is 0 Å². The van der Waals surface area contributed by atoms with Crippen LogP contribution in [0.15, 0.2) is 12.1 Å². The fourth-order valence-electron chi connectivity index (χ4n) is 2.62. The maximum absolute atomic E-state index is 12.5. The first-order valence-corrected chi connectivity index (χ1v) is 8.39.